The lowest BCUT2D eigenvalue weighted by Crippen LogP contribution is -2.48. The van der Waals surface area contributed by atoms with Gasteiger partial charge in [-0.25, -0.2) is 4.79 Å². The molecule has 150 valence electrons. The first-order chi connectivity index (χ1) is 13.3. The van der Waals surface area contributed by atoms with Gasteiger partial charge < -0.3 is 19.5 Å². The molecule has 2 aromatic rings. The van der Waals surface area contributed by atoms with E-state index in [2.05, 4.69) is 10.5 Å². The van der Waals surface area contributed by atoms with Gasteiger partial charge in [0.1, 0.15) is 5.60 Å². The minimum Gasteiger partial charge on any atom is -0.444 e. The van der Waals surface area contributed by atoms with E-state index in [9.17, 15) is 9.59 Å². The molecule has 0 radical (unpaired) electrons. The summed E-state index contributed by atoms with van der Waals surface area (Å²) in [6.45, 7) is 6.00. The maximum Gasteiger partial charge on any atom is 0.410 e. The summed E-state index contributed by atoms with van der Waals surface area (Å²) >= 11 is 0. The van der Waals surface area contributed by atoms with Crippen molar-refractivity contribution in [3.63, 3.8) is 0 Å². The monoisotopic (exact) mass is 385 g/mol. The molecule has 1 saturated carbocycles. The smallest absolute Gasteiger partial charge is 0.410 e. The summed E-state index contributed by atoms with van der Waals surface area (Å²) in [6.07, 6.45) is 3.88. The summed E-state index contributed by atoms with van der Waals surface area (Å²) < 4.78 is 10.9. The molecule has 2 aliphatic rings. The SMILES string of the molecule is CC(C)(C)OC(=O)N1C(CNC(=O)c2noc3ccccc23)CC2CCCC21. The number of rotatable bonds is 3. The van der Waals surface area contributed by atoms with Crippen LogP contribution in [0, 0.1) is 5.92 Å². The standard InChI is InChI=1S/C21H27N3O4/c1-21(2,3)27-20(26)24-14(11-13-7-6-9-16(13)24)12-22-19(25)18-15-8-4-5-10-17(15)28-23-18/h4-5,8,10,13-14,16H,6-7,9,11-12H2,1-3H3,(H,22,25). The highest BCUT2D eigenvalue weighted by molar-refractivity contribution is 6.03. The zero-order valence-electron chi connectivity index (χ0n) is 16.6. The third-order valence-corrected chi connectivity index (χ3v) is 5.64. The number of likely N-dealkylation sites (tertiary alicyclic amines) is 1. The fourth-order valence-electron chi connectivity index (χ4n) is 4.52. The fraction of sp³-hybridized carbons (Fsp3) is 0.571. The van der Waals surface area contributed by atoms with Crippen molar-refractivity contribution < 1.29 is 18.8 Å². The molecular weight excluding hydrogens is 358 g/mol. The van der Waals surface area contributed by atoms with Crippen molar-refractivity contribution in [3.05, 3.63) is 30.0 Å². The number of hydrogen-bond acceptors (Lipinski definition) is 5. The molecule has 0 spiro atoms. The Bertz CT molecular complexity index is 885. The second-order valence-corrected chi connectivity index (χ2v) is 8.77. The van der Waals surface area contributed by atoms with E-state index in [4.69, 9.17) is 9.26 Å². The van der Waals surface area contributed by atoms with Gasteiger partial charge in [0.25, 0.3) is 5.91 Å². The van der Waals surface area contributed by atoms with Crippen LogP contribution in [0.5, 0.6) is 0 Å². The number of amides is 2. The van der Waals surface area contributed by atoms with Gasteiger partial charge in [0, 0.05) is 12.6 Å². The number of fused-ring (bicyclic) bond motifs is 2. The number of nitrogens with one attached hydrogen (secondary N) is 1. The number of para-hydroxylation sites is 1. The lowest BCUT2D eigenvalue weighted by Gasteiger charge is -2.32. The quantitative estimate of drug-likeness (QED) is 0.870. The van der Waals surface area contributed by atoms with Gasteiger partial charge in [0.05, 0.1) is 11.4 Å². The lowest BCUT2D eigenvalue weighted by atomic mass is 10.0. The van der Waals surface area contributed by atoms with E-state index in [1.54, 1.807) is 6.07 Å². The van der Waals surface area contributed by atoms with Crippen LogP contribution in [0.3, 0.4) is 0 Å². The van der Waals surface area contributed by atoms with Crippen LogP contribution in [0.15, 0.2) is 28.8 Å². The first kappa shape index (κ1) is 18.8. The molecular formula is C21H27N3O4. The first-order valence-electron chi connectivity index (χ1n) is 9.97. The zero-order valence-corrected chi connectivity index (χ0v) is 16.6. The fourth-order valence-corrected chi connectivity index (χ4v) is 4.52. The molecule has 7 heteroatoms. The Morgan fingerprint density at radius 3 is 2.86 bits per heavy atom. The van der Waals surface area contributed by atoms with E-state index in [1.165, 1.54) is 0 Å². The van der Waals surface area contributed by atoms with Crippen LogP contribution >= 0.6 is 0 Å². The van der Waals surface area contributed by atoms with Crippen molar-refractivity contribution in [2.24, 2.45) is 5.92 Å². The van der Waals surface area contributed by atoms with Crippen LogP contribution < -0.4 is 5.32 Å². The highest BCUT2D eigenvalue weighted by Crippen LogP contribution is 2.41. The van der Waals surface area contributed by atoms with E-state index in [0.29, 0.717) is 23.4 Å². The summed E-state index contributed by atoms with van der Waals surface area (Å²) in [6, 6.07) is 7.43. The Labute approximate surface area is 164 Å². The van der Waals surface area contributed by atoms with E-state index in [1.807, 2.05) is 43.9 Å². The number of carbonyl (C=O) groups is 2. The van der Waals surface area contributed by atoms with Crippen LogP contribution in [0.2, 0.25) is 0 Å². The third-order valence-electron chi connectivity index (χ3n) is 5.64. The second kappa shape index (κ2) is 7.11. The number of nitrogens with zero attached hydrogens (tertiary/aromatic N) is 2. The van der Waals surface area contributed by atoms with Gasteiger partial charge in [-0.15, -0.1) is 0 Å². The van der Waals surface area contributed by atoms with Crippen LogP contribution in [0.4, 0.5) is 4.79 Å². The van der Waals surface area contributed by atoms with Gasteiger partial charge in [-0.3, -0.25) is 4.79 Å². The van der Waals surface area contributed by atoms with Crippen LogP contribution in [0.25, 0.3) is 11.0 Å². The molecule has 0 bridgehead atoms. The predicted molar refractivity (Wildman–Crippen MR) is 104 cm³/mol. The minimum absolute atomic E-state index is 0.0627. The van der Waals surface area contributed by atoms with Crippen molar-refractivity contribution in [1.29, 1.82) is 0 Å². The van der Waals surface area contributed by atoms with Gasteiger partial charge >= 0.3 is 6.09 Å². The van der Waals surface area contributed by atoms with Crippen molar-refractivity contribution in [3.8, 4) is 0 Å². The summed E-state index contributed by atoms with van der Waals surface area (Å²) in [4.78, 5) is 27.4. The molecule has 7 nitrogen and oxygen atoms in total. The highest BCUT2D eigenvalue weighted by atomic mass is 16.6. The highest BCUT2D eigenvalue weighted by Gasteiger charge is 2.47. The molecule has 3 atom stereocenters. The van der Waals surface area contributed by atoms with Crippen LogP contribution in [0.1, 0.15) is 56.9 Å². The molecule has 2 fully saturated rings. The Kier molecular flexibility index (Phi) is 4.77. The molecule has 28 heavy (non-hydrogen) atoms. The zero-order chi connectivity index (χ0) is 19.9. The van der Waals surface area contributed by atoms with Gasteiger partial charge in [-0.2, -0.15) is 0 Å². The number of carbonyl (C=O) groups excluding carboxylic acids is 2. The molecule has 4 rings (SSSR count). The Balaban J connectivity index is 1.46. The average Bonchev–Trinajstić information content (AvgIpc) is 3.31. The molecule has 1 aliphatic carbocycles. The van der Waals surface area contributed by atoms with E-state index in [0.717, 1.165) is 25.7 Å². The maximum absolute atomic E-state index is 12.8. The molecule has 2 heterocycles. The number of hydrogen-bond donors (Lipinski definition) is 1. The molecule has 1 aliphatic heterocycles. The van der Waals surface area contributed by atoms with E-state index < -0.39 is 5.60 Å². The molecule has 3 unspecified atom stereocenters. The molecule has 1 N–H and O–H groups in total. The molecule has 1 aromatic heterocycles. The van der Waals surface area contributed by atoms with E-state index >= 15 is 0 Å². The largest absolute Gasteiger partial charge is 0.444 e. The second-order valence-electron chi connectivity index (χ2n) is 8.77. The topological polar surface area (TPSA) is 84.7 Å². The molecule has 2 amide bonds. The van der Waals surface area contributed by atoms with Crippen LogP contribution in [-0.2, 0) is 4.74 Å². The third kappa shape index (κ3) is 3.57. The van der Waals surface area contributed by atoms with Gasteiger partial charge in [-0.1, -0.05) is 23.7 Å². The average molecular weight is 385 g/mol. The van der Waals surface area contributed by atoms with Crippen molar-refractivity contribution in [2.75, 3.05) is 6.54 Å². The Morgan fingerprint density at radius 1 is 1.29 bits per heavy atom. The van der Waals surface area contributed by atoms with Gasteiger partial charge in [-0.05, 0) is 58.1 Å². The Hall–Kier alpha value is -2.57. The van der Waals surface area contributed by atoms with Crippen LogP contribution in [-0.4, -0.2) is 46.3 Å². The molecule has 1 aromatic carbocycles. The maximum atomic E-state index is 12.8. The number of ether oxygens (including phenoxy) is 1. The minimum atomic E-state index is -0.540. The molecule has 1 saturated heterocycles. The van der Waals surface area contributed by atoms with Gasteiger partial charge in [0.2, 0.25) is 0 Å². The van der Waals surface area contributed by atoms with Crippen molar-refractivity contribution in [1.82, 2.24) is 15.4 Å². The summed E-state index contributed by atoms with van der Waals surface area (Å²) in [5.74, 6) is 0.202. The first-order valence-corrected chi connectivity index (χ1v) is 9.97. The normalized spacial score (nSPS) is 24.4. The van der Waals surface area contributed by atoms with Gasteiger partial charge in [0.15, 0.2) is 11.3 Å². The summed E-state index contributed by atoms with van der Waals surface area (Å²) in [5, 5.41) is 7.54. The lowest BCUT2D eigenvalue weighted by molar-refractivity contribution is 0.0138. The number of benzene rings is 1. The van der Waals surface area contributed by atoms with Crippen molar-refractivity contribution >= 4 is 23.0 Å². The summed E-state index contributed by atoms with van der Waals surface area (Å²) in [7, 11) is 0. The Morgan fingerprint density at radius 2 is 2.07 bits per heavy atom. The van der Waals surface area contributed by atoms with E-state index in [-0.39, 0.29) is 29.8 Å². The van der Waals surface area contributed by atoms with Crippen molar-refractivity contribution in [2.45, 2.75) is 64.1 Å². The number of aromatic nitrogens is 1. The predicted octanol–water partition coefficient (Wildman–Crippen LogP) is 3.74. The summed E-state index contributed by atoms with van der Waals surface area (Å²) in [5.41, 5.74) is 0.317.